The third-order valence-electron chi connectivity index (χ3n) is 0.725. The fourth-order valence-electron chi connectivity index (χ4n) is 0.284. The molecule has 0 aliphatic carbocycles. The van der Waals surface area contributed by atoms with Gasteiger partial charge in [-0.05, 0) is 6.92 Å². The number of ketones is 1. The highest BCUT2D eigenvalue weighted by molar-refractivity contribution is 5.80. The van der Waals surface area contributed by atoms with Crippen LogP contribution in [-0.4, -0.2) is 18.4 Å². The zero-order valence-electron chi connectivity index (χ0n) is 5.64. The van der Waals surface area contributed by atoms with Crippen LogP contribution in [0.3, 0.4) is 0 Å². The normalized spacial score (nSPS) is 8.67. The highest BCUT2D eigenvalue weighted by atomic mass is 16.5. The Bertz CT molecular complexity index is 117. The molecular weight excluding hydrogens is 120 g/mol. The molecule has 0 aromatic rings. The molecule has 0 unspecified atom stereocenters. The highest BCUT2D eigenvalue weighted by Gasteiger charge is 1.98. The van der Waals surface area contributed by atoms with Gasteiger partial charge in [0.05, 0.1) is 0 Å². The lowest BCUT2D eigenvalue weighted by Crippen LogP contribution is -2.09. The van der Waals surface area contributed by atoms with Crippen LogP contribution >= 0.6 is 0 Å². The van der Waals surface area contributed by atoms with E-state index in [1.807, 2.05) is 0 Å². The zero-order valence-corrected chi connectivity index (χ0v) is 5.64. The van der Waals surface area contributed by atoms with Crippen LogP contribution in [0, 0.1) is 0 Å². The summed E-state index contributed by atoms with van der Waals surface area (Å²) in [5.41, 5.74) is 0. The molecule has 0 amide bonds. The molecular formula is C6H10O3. The summed E-state index contributed by atoms with van der Waals surface area (Å²) in [6.07, 6.45) is 0.327. The topological polar surface area (TPSA) is 43.4 Å². The number of esters is 1. The number of carbonyl (C=O) groups is 2. The second-order valence-corrected chi connectivity index (χ2v) is 1.72. The van der Waals surface area contributed by atoms with Gasteiger partial charge in [0.2, 0.25) is 0 Å². The van der Waals surface area contributed by atoms with E-state index in [0.717, 1.165) is 0 Å². The van der Waals surface area contributed by atoms with Crippen molar-refractivity contribution in [1.82, 2.24) is 0 Å². The Morgan fingerprint density at radius 1 is 1.44 bits per heavy atom. The molecule has 0 aromatic carbocycles. The highest BCUT2D eigenvalue weighted by Crippen LogP contribution is 1.83. The van der Waals surface area contributed by atoms with Gasteiger partial charge < -0.3 is 4.74 Å². The summed E-state index contributed by atoms with van der Waals surface area (Å²) in [5, 5.41) is 0. The standard InChI is InChI=1S/C6H10O3/c1-3-6(8)9-4-5(2)7/h3-4H2,1-2H3. The Balaban J connectivity index is 3.28. The number of hydrogen-bond acceptors (Lipinski definition) is 3. The van der Waals surface area contributed by atoms with Crippen molar-refractivity contribution in [3.05, 3.63) is 0 Å². The Morgan fingerprint density at radius 3 is 2.33 bits per heavy atom. The lowest BCUT2D eigenvalue weighted by molar-refractivity contribution is -0.147. The predicted molar refractivity (Wildman–Crippen MR) is 31.9 cm³/mol. The van der Waals surface area contributed by atoms with Crippen LogP contribution in [0.4, 0.5) is 0 Å². The Morgan fingerprint density at radius 2 is 2.00 bits per heavy atom. The van der Waals surface area contributed by atoms with Crippen molar-refractivity contribution in [1.29, 1.82) is 0 Å². The summed E-state index contributed by atoms with van der Waals surface area (Å²) < 4.78 is 4.46. The molecule has 9 heavy (non-hydrogen) atoms. The van der Waals surface area contributed by atoms with Crippen molar-refractivity contribution in [3.63, 3.8) is 0 Å². The minimum Gasteiger partial charge on any atom is -0.458 e. The van der Waals surface area contributed by atoms with Crippen molar-refractivity contribution >= 4 is 11.8 Å². The number of Topliss-reactive ketones (excluding diaryl/α,β-unsaturated/α-hetero) is 1. The summed E-state index contributed by atoms with van der Waals surface area (Å²) in [7, 11) is 0. The van der Waals surface area contributed by atoms with E-state index in [1.54, 1.807) is 6.92 Å². The minimum absolute atomic E-state index is 0.0906. The molecule has 0 bridgehead atoms. The molecule has 0 N–H and O–H groups in total. The molecule has 0 saturated heterocycles. The first kappa shape index (κ1) is 8.14. The number of carbonyl (C=O) groups excluding carboxylic acids is 2. The van der Waals surface area contributed by atoms with E-state index in [1.165, 1.54) is 6.92 Å². The third kappa shape index (κ3) is 5.00. The molecule has 52 valence electrons. The van der Waals surface area contributed by atoms with Crippen LogP contribution in [0.25, 0.3) is 0 Å². The Kier molecular flexibility index (Phi) is 3.67. The quantitative estimate of drug-likeness (QED) is 0.523. The smallest absolute Gasteiger partial charge is 0.305 e. The fraction of sp³-hybridized carbons (Fsp3) is 0.667. The van der Waals surface area contributed by atoms with Crippen molar-refractivity contribution in [2.24, 2.45) is 0 Å². The monoisotopic (exact) mass is 130 g/mol. The summed E-state index contributed by atoms with van der Waals surface area (Å²) in [6.45, 7) is 2.97. The van der Waals surface area contributed by atoms with Gasteiger partial charge in [0, 0.05) is 6.42 Å². The first-order valence-electron chi connectivity index (χ1n) is 2.82. The van der Waals surface area contributed by atoms with Gasteiger partial charge in [0.1, 0.15) is 6.61 Å². The van der Waals surface area contributed by atoms with Gasteiger partial charge in [0.25, 0.3) is 0 Å². The maximum Gasteiger partial charge on any atom is 0.305 e. The fourth-order valence-corrected chi connectivity index (χ4v) is 0.284. The maximum atomic E-state index is 10.3. The van der Waals surface area contributed by atoms with Gasteiger partial charge >= 0.3 is 5.97 Å². The summed E-state index contributed by atoms with van der Waals surface area (Å²) in [4.78, 5) is 20.5. The van der Waals surface area contributed by atoms with E-state index < -0.39 is 0 Å². The van der Waals surface area contributed by atoms with Gasteiger partial charge in [-0.15, -0.1) is 0 Å². The van der Waals surface area contributed by atoms with E-state index >= 15 is 0 Å². The summed E-state index contributed by atoms with van der Waals surface area (Å²) >= 11 is 0. The zero-order chi connectivity index (χ0) is 7.28. The Labute approximate surface area is 54.0 Å². The number of rotatable bonds is 3. The second-order valence-electron chi connectivity index (χ2n) is 1.72. The molecule has 0 aromatic heterocycles. The largest absolute Gasteiger partial charge is 0.458 e. The molecule has 0 atom stereocenters. The average Bonchev–Trinajstić information content (AvgIpc) is 1.83. The summed E-state index contributed by atoms with van der Waals surface area (Å²) in [6, 6.07) is 0. The average molecular weight is 130 g/mol. The van der Waals surface area contributed by atoms with Crippen LogP contribution in [-0.2, 0) is 14.3 Å². The molecule has 0 aliphatic heterocycles. The molecule has 3 nitrogen and oxygen atoms in total. The van der Waals surface area contributed by atoms with Crippen molar-refractivity contribution in [2.75, 3.05) is 6.61 Å². The van der Waals surface area contributed by atoms with Crippen LogP contribution in [0.1, 0.15) is 20.3 Å². The lowest BCUT2D eigenvalue weighted by atomic mass is 10.5. The number of hydrogen-bond donors (Lipinski definition) is 0. The van der Waals surface area contributed by atoms with Gasteiger partial charge in [-0.1, -0.05) is 6.92 Å². The van der Waals surface area contributed by atoms with E-state index in [4.69, 9.17) is 0 Å². The molecule has 0 rings (SSSR count). The maximum absolute atomic E-state index is 10.3. The summed E-state index contributed by atoms with van der Waals surface area (Å²) in [5.74, 6) is -0.456. The molecule has 3 heteroatoms. The van der Waals surface area contributed by atoms with Crippen LogP contribution in [0.15, 0.2) is 0 Å². The van der Waals surface area contributed by atoms with E-state index in [0.29, 0.717) is 6.42 Å². The molecule has 0 aliphatic rings. The lowest BCUT2D eigenvalue weighted by Gasteiger charge is -1.96. The van der Waals surface area contributed by atoms with Crippen molar-refractivity contribution in [2.45, 2.75) is 20.3 Å². The van der Waals surface area contributed by atoms with E-state index in [-0.39, 0.29) is 18.4 Å². The van der Waals surface area contributed by atoms with Crippen LogP contribution in [0.2, 0.25) is 0 Å². The minimum atomic E-state index is -0.329. The molecule has 0 saturated carbocycles. The van der Waals surface area contributed by atoms with Crippen LogP contribution in [0.5, 0.6) is 0 Å². The Hall–Kier alpha value is -0.860. The first-order chi connectivity index (χ1) is 4.16. The molecule has 0 spiro atoms. The van der Waals surface area contributed by atoms with Gasteiger partial charge in [0.15, 0.2) is 5.78 Å². The molecule has 0 radical (unpaired) electrons. The van der Waals surface area contributed by atoms with Gasteiger partial charge in [-0.2, -0.15) is 0 Å². The SMILES string of the molecule is CCC(=O)OCC(C)=O. The van der Waals surface area contributed by atoms with E-state index in [9.17, 15) is 9.59 Å². The van der Waals surface area contributed by atoms with Crippen LogP contribution < -0.4 is 0 Å². The first-order valence-corrected chi connectivity index (χ1v) is 2.82. The van der Waals surface area contributed by atoms with Crippen molar-refractivity contribution in [3.8, 4) is 0 Å². The second kappa shape index (κ2) is 4.06. The van der Waals surface area contributed by atoms with Crippen molar-refractivity contribution < 1.29 is 14.3 Å². The molecule has 0 fully saturated rings. The third-order valence-corrected chi connectivity index (χ3v) is 0.725. The number of ether oxygens (including phenoxy) is 1. The molecule has 0 heterocycles. The predicted octanol–water partition coefficient (Wildman–Crippen LogP) is 0.529. The van der Waals surface area contributed by atoms with Gasteiger partial charge in [-0.25, -0.2) is 0 Å². The van der Waals surface area contributed by atoms with Gasteiger partial charge in [-0.3, -0.25) is 9.59 Å². The van der Waals surface area contributed by atoms with E-state index in [2.05, 4.69) is 4.74 Å².